The van der Waals surface area contributed by atoms with E-state index in [-0.39, 0.29) is 12.6 Å². The minimum Gasteiger partial charge on any atom is -0.329 e. The molecule has 2 amide bonds. The van der Waals surface area contributed by atoms with Gasteiger partial charge in [0.15, 0.2) is 5.82 Å². The molecule has 0 saturated heterocycles. The van der Waals surface area contributed by atoms with Gasteiger partial charge in [0.25, 0.3) is 0 Å². The van der Waals surface area contributed by atoms with Crippen molar-refractivity contribution < 1.29 is 4.79 Å². The molecule has 84 valence electrons. The van der Waals surface area contributed by atoms with Crippen LogP contribution in [0.4, 0.5) is 4.79 Å². The quantitative estimate of drug-likeness (QED) is 0.345. The zero-order valence-corrected chi connectivity index (χ0v) is 8.77. The molecule has 0 fully saturated rings. The normalized spacial score (nSPS) is 10.4. The molecule has 4 N–H and O–H groups in total. The first kappa shape index (κ1) is 11.4. The Morgan fingerprint density at radius 1 is 1.67 bits per heavy atom. The van der Waals surface area contributed by atoms with Gasteiger partial charge in [0, 0.05) is 6.54 Å². The van der Waals surface area contributed by atoms with Crippen molar-refractivity contribution in [2.75, 3.05) is 6.54 Å². The van der Waals surface area contributed by atoms with Crippen LogP contribution in [0.2, 0.25) is 0 Å². The number of hydrazine groups is 1. The summed E-state index contributed by atoms with van der Waals surface area (Å²) < 4.78 is 0. The van der Waals surface area contributed by atoms with E-state index >= 15 is 0 Å². The van der Waals surface area contributed by atoms with E-state index in [9.17, 15) is 4.79 Å². The lowest BCUT2D eigenvalue weighted by molar-refractivity contribution is 0.191. The average molecular weight is 213 g/mol. The van der Waals surface area contributed by atoms with Crippen LogP contribution in [0.5, 0.6) is 0 Å². The second-order valence-electron chi connectivity index (χ2n) is 3.53. The zero-order chi connectivity index (χ0) is 11.3. The summed E-state index contributed by atoms with van der Waals surface area (Å²) in [7, 11) is 0. The van der Waals surface area contributed by atoms with E-state index in [1.165, 1.54) is 0 Å². The maximum Gasteiger partial charge on any atom is 0.331 e. The number of urea groups is 1. The van der Waals surface area contributed by atoms with E-state index in [2.05, 4.69) is 25.9 Å². The van der Waals surface area contributed by atoms with Crippen LogP contribution in [-0.4, -0.2) is 38.2 Å². The Hall–Kier alpha value is -1.70. The zero-order valence-electron chi connectivity index (χ0n) is 8.77. The number of nitrogens with zero attached hydrogens (tertiary/aromatic N) is 4. The lowest BCUT2D eigenvalue weighted by Gasteiger charge is -2.18. The number of nitrogens with one attached hydrogen (secondary N) is 2. The minimum absolute atomic E-state index is 0.209. The van der Waals surface area contributed by atoms with E-state index in [0.29, 0.717) is 18.3 Å². The molecule has 8 heteroatoms. The van der Waals surface area contributed by atoms with Gasteiger partial charge in [0.05, 0.1) is 6.54 Å². The molecule has 0 saturated carbocycles. The van der Waals surface area contributed by atoms with Gasteiger partial charge in [0.1, 0.15) is 0 Å². The van der Waals surface area contributed by atoms with Crippen molar-refractivity contribution in [2.24, 2.45) is 11.8 Å². The third-order valence-electron chi connectivity index (χ3n) is 1.61. The molecule has 0 radical (unpaired) electrons. The number of tetrazole rings is 1. The van der Waals surface area contributed by atoms with Crippen molar-refractivity contribution in [1.82, 2.24) is 30.9 Å². The number of hydrogen-bond donors (Lipinski definition) is 3. The summed E-state index contributed by atoms with van der Waals surface area (Å²) in [5.41, 5.74) is 0. The number of H-pyrrole nitrogens is 1. The summed E-state index contributed by atoms with van der Waals surface area (Å²) in [6.07, 6.45) is 0. The summed E-state index contributed by atoms with van der Waals surface area (Å²) in [4.78, 5) is 11.4. The number of carbonyl (C=O) groups excluding carboxylic acids is 1. The number of carbonyl (C=O) groups is 1. The van der Waals surface area contributed by atoms with E-state index in [1.807, 2.05) is 13.8 Å². The first-order valence-electron chi connectivity index (χ1n) is 4.62. The van der Waals surface area contributed by atoms with Crippen LogP contribution in [0, 0.1) is 5.92 Å². The number of aromatic amines is 1. The lowest BCUT2D eigenvalue weighted by Crippen LogP contribution is -2.46. The predicted octanol–water partition coefficient (Wildman–Crippen LogP) is -0.759. The van der Waals surface area contributed by atoms with Gasteiger partial charge in [-0.15, -0.1) is 10.2 Å². The fraction of sp³-hybridized carbons (Fsp3) is 0.714. The standard InChI is InChI=1S/C7H15N7O/c1-5(2)4-14(8)7(15)9-3-6-10-12-13-11-6/h5H,3-4,8H2,1-2H3,(H,9,15)(H,10,11,12,13). The van der Waals surface area contributed by atoms with Crippen LogP contribution < -0.4 is 11.2 Å². The Labute approximate surface area is 87.2 Å². The Bertz CT molecular complexity index is 296. The van der Waals surface area contributed by atoms with Gasteiger partial charge in [-0.25, -0.2) is 10.6 Å². The summed E-state index contributed by atoms with van der Waals surface area (Å²) in [6.45, 7) is 4.66. The fourth-order valence-corrected chi connectivity index (χ4v) is 0.990. The van der Waals surface area contributed by atoms with E-state index in [4.69, 9.17) is 5.84 Å². The average Bonchev–Trinajstić information content (AvgIpc) is 2.65. The monoisotopic (exact) mass is 213 g/mol. The Kier molecular flexibility index (Phi) is 3.98. The van der Waals surface area contributed by atoms with Crippen molar-refractivity contribution in [2.45, 2.75) is 20.4 Å². The van der Waals surface area contributed by atoms with Crippen LogP contribution in [0.25, 0.3) is 0 Å². The van der Waals surface area contributed by atoms with Crippen molar-refractivity contribution in [3.63, 3.8) is 0 Å². The lowest BCUT2D eigenvalue weighted by atomic mass is 10.2. The minimum atomic E-state index is -0.353. The molecule has 0 aromatic carbocycles. The van der Waals surface area contributed by atoms with Gasteiger partial charge in [0.2, 0.25) is 0 Å². The number of hydrogen-bond acceptors (Lipinski definition) is 5. The Morgan fingerprint density at radius 2 is 2.40 bits per heavy atom. The molecule has 0 aliphatic rings. The van der Waals surface area contributed by atoms with Gasteiger partial charge in [-0.3, -0.25) is 5.01 Å². The topological polar surface area (TPSA) is 113 Å². The summed E-state index contributed by atoms with van der Waals surface area (Å²) in [6, 6.07) is -0.353. The van der Waals surface area contributed by atoms with E-state index in [0.717, 1.165) is 5.01 Å². The molecule has 8 nitrogen and oxygen atoms in total. The molecular weight excluding hydrogens is 198 g/mol. The molecule has 0 aliphatic carbocycles. The highest BCUT2D eigenvalue weighted by molar-refractivity contribution is 5.73. The number of amides is 2. The second kappa shape index (κ2) is 5.25. The number of aromatic nitrogens is 4. The molecule has 0 aliphatic heterocycles. The largest absolute Gasteiger partial charge is 0.331 e. The van der Waals surface area contributed by atoms with Crippen LogP contribution in [-0.2, 0) is 6.54 Å². The van der Waals surface area contributed by atoms with Crippen LogP contribution in [0.3, 0.4) is 0 Å². The number of rotatable bonds is 4. The van der Waals surface area contributed by atoms with Crippen molar-refractivity contribution in [1.29, 1.82) is 0 Å². The SMILES string of the molecule is CC(C)CN(N)C(=O)NCc1nn[nH]n1. The molecule has 0 atom stereocenters. The fourth-order valence-electron chi connectivity index (χ4n) is 0.990. The molecule has 0 bridgehead atoms. The van der Waals surface area contributed by atoms with Gasteiger partial charge < -0.3 is 5.32 Å². The highest BCUT2D eigenvalue weighted by Gasteiger charge is 2.10. The summed E-state index contributed by atoms with van der Waals surface area (Å²) in [5.74, 6) is 6.26. The van der Waals surface area contributed by atoms with Crippen LogP contribution in [0.1, 0.15) is 19.7 Å². The molecule has 15 heavy (non-hydrogen) atoms. The Morgan fingerprint density at radius 3 is 2.93 bits per heavy atom. The smallest absolute Gasteiger partial charge is 0.329 e. The third kappa shape index (κ3) is 3.90. The van der Waals surface area contributed by atoms with Crippen LogP contribution >= 0.6 is 0 Å². The number of nitrogens with two attached hydrogens (primary N) is 1. The van der Waals surface area contributed by atoms with Crippen molar-refractivity contribution in [3.05, 3.63) is 5.82 Å². The third-order valence-corrected chi connectivity index (χ3v) is 1.61. The van der Waals surface area contributed by atoms with Crippen molar-refractivity contribution in [3.8, 4) is 0 Å². The second-order valence-corrected chi connectivity index (χ2v) is 3.53. The highest BCUT2D eigenvalue weighted by Crippen LogP contribution is 1.94. The maximum absolute atomic E-state index is 11.4. The van der Waals surface area contributed by atoms with Crippen molar-refractivity contribution >= 4 is 6.03 Å². The summed E-state index contributed by atoms with van der Waals surface area (Å²) >= 11 is 0. The predicted molar refractivity (Wildman–Crippen MR) is 52.1 cm³/mol. The van der Waals surface area contributed by atoms with E-state index in [1.54, 1.807) is 0 Å². The highest BCUT2D eigenvalue weighted by atomic mass is 16.2. The van der Waals surface area contributed by atoms with Gasteiger partial charge in [-0.1, -0.05) is 19.1 Å². The molecular formula is C7H15N7O. The first-order valence-corrected chi connectivity index (χ1v) is 4.62. The molecule has 1 rings (SSSR count). The van der Waals surface area contributed by atoms with Gasteiger partial charge >= 0.3 is 6.03 Å². The molecule has 1 heterocycles. The maximum atomic E-state index is 11.4. The van der Waals surface area contributed by atoms with E-state index < -0.39 is 0 Å². The molecule has 0 unspecified atom stereocenters. The van der Waals surface area contributed by atoms with Crippen LogP contribution in [0.15, 0.2) is 0 Å². The molecule has 1 aromatic heterocycles. The Balaban J connectivity index is 2.29. The first-order chi connectivity index (χ1) is 7.09. The molecule has 0 spiro atoms. The van der Waals surface area contributed by atoms with Gasteiger partial charge in [-0.05, 0) is 5.92 Å². The van der Waals surface area contributed by atoms with Gasteiger partial charge in [-0.2, -0.15) is 5.21 Å². The summed E-state index contributed by atoms with van der Waals surface area (Å²) in [5, 5.41) is 16.7. The molecule has 1 aromatic rings.